The molecule has 0 radical (unpaired) electrons. The van der Waals surface area contributed by atoms with Gasteiger partial charge in [0.15, 0.2) is 9.03 Å². The molecular weight excluding hydrogens is 388 g/mol. The van der Waals surface area contributed by atoms with Crippen LogP contribution < -0.4 is 0 Å². The van der Waals surface area contributed by atoms with E-state index >= 15 is 0 Å². The summed E-state index contributed by atoms with van der Waals surface area (Å²) >= 11 is 1.84. The number of aliphatic hydroxyl groups is 1. The SMILES string of the molecule is O=[P+](O)OC(O)(OPO)c1cc(I)ccc1F. The first-order valence-corrected chi connectivity index (χ1v) is 7.06. The standard InChI is InChI=1S/C7H6FIO6P2/c8-6-2-1-4(9)3-5(6)7(10,14-16-11)15-17(12)13/h1-3,10-11,16H/p+1. The lowest BCUT2D eigenvalue weighted by Crippen LogP contribution is -2.29. The van der Waals surface area contributed by atoms with Gasteiger partial charge in [-0.05, 0) is 45.3 Å². The number of hydrogen-bond acceptors (Lipinski definition) is 5. The molecule has 10 heteroatoms. The van der Waals surface area contributed by atoms with Crippen molar-refractivity contribution in [3.63, 3.8) is 0 Å². The zero-order valence-corrected chi connectivity index (χ0v) is 12.1. The maximum absolute atomic E-state index is 13.5. The number of halogens is 2. The number of hydrogen-bond donors (Lipinski definition) is 3. The van der Waals surface area contributed by atoms with E-state index in [-0.39, 0.29) is 0 Å². The van der Waals surface area contributed by atoms with Crippen LogP contribution in [-0.4, -0.2) is 14.9 Å². The highest BCUT2D eigenvalue weighted by atomic mass is 127. The van der Waals surface area contributed by atoms with Crippen LogP contribution in [0, 0.1) is 9.39 Å². The Bertz CT molecular complexity index is 433. The molecule has 0 fully saturated rings. The van der Waals surface area contributed by atoms with Crippen molar-refractivity contribution in [3.8, 4) is 0 Å². The van der Waals surface area contributed by atoms with E-state index in [1.807, 2.05) is 22.6 Å². The summed E-state index contributed by atoms with van der Waals surface area (Å²) in [6.07, 6.45) is 0. The van der Waals surface area contributed by atoms with E-state index in [1.165, 1.54) is 6.07 Å². The van der Waals surface area contributed by atoms with Crippen LogP contribution in [0.3, 0.4) is 0 Å². The Hall–Kier alpha value is 0.210. The average molecular weight is 395 g/mol. The third kappa shape index (κ3) is 4.11. The van der Waals surface area contributed by atoms with Crippen molar-refractivity contribution < 1.29 is 32.9 Å². The topological polar surface area (TPSA) is 96.2 Å². The predicted molar refractivity (Wildman–Crippen MR) is 65.5 cm³/mol. The molecule has 3 N–H and O–H groups in total. The van der Waals surface area contributed by atoms with Crippen molar-refractivity contribution in [1.82, 2.24) is 0 Å². The molecule has 0 saturated carbocycles. The van der Waals surface area contributed by atoms with Gasteiger partial charge in [-0.15, -0.1) is 4.89 Å². The highest BCUT2D eigenvalue weighted by Gasteiger charge is 2.44. The molecule has 3 unspecified atom stereocenters. The van der Waals surface area contributed by atoms with Crippen molar-refractivity contribution in [3.05, 3.63) is 33.1 Å². The van der Waals surface area contributed by atoms with E-state index in [9.17, 15) is 14.1 Å². The molecule has 1 rings (SSSR count). The minimum Gasteiger partial charge on any atom is -0.352 e. The van der Waals surface area contributed by atoms with Gasteiger partial charge in [-0.1, -0.05) is 0 Å². The molecule has 0 heterocycles. The van der Waals surface area contributed by atoms with Gasteiger partial charge in [0.2, 0.25) is 0 Å². The monoisotopic (exact) mass is 395 g/mol. The summed E-state index contributed by atoms with van der Waals surface area (Å²) in [7, 11) is -4.50. The van der Waals surface area contributed by atoms with Crippen molar-refractivity contribution in [1.29, 1.82) is 0 Å². The summed E-state index contributed by atoms with van der Waals surface area (Å²) < 4.78 is 33.1. The second-order valence-corrected chi connectivity index (χ2v) is 5.02. The van der Waals surface area contributed by atoms with Gasteiger partial charge in [-0.3, -0.25) is 4.52 Å². The maximum Gasteiger partial charge on any atom is 0.700 e. The molecule has 0 aromatic heterocycles. The van der Waals surface area contributed by atoms with Crippen LogP contribution in [0.15, 0.2) is 18.2 Å². The lowest BCUT2D eigenvalue weighted by atomic mass is 10.2. The fraction of sp³-hybridized carbons (Fsp3) is 0.143. The normalized spacial score (nSPS) is 16.2. The molecule has 1 aromatic carbocycles. The van der Waals surface area contributed by atoms with Gasteiger partial charge < -0.3 is 10.00 Å². The molecule has 0 spiro atoms. The lowest BCUT2D eigenvalue weighted by molar-refractivity contribution is -0.283. The molecule has 0 bridgehead atoms. The van der Waals surface area contributed by atoms with Gasteiger partial charge in [0.25, 0.3) is 0 Å². The van der Waals surface area contributed by atoms with Gasteiger partial charge in [0.05, 0.1) is 5.56 Å². The van der Waals surface area contributed by atoms with Gasteiger partial charge in [0, 0.05) is 8.14 Å². The second kappa shape index (κ2) is 6.40. The van der Waals surface area contributed by atoms with E-state index in [1.54, 1.807) is 0 Å². The van der Waals surface area contributed by atoms with E-state index in [2.05, 4.69) is 9.05 Å². The first-order valence-electron chi connectivity index (χ1n) is 3.99. The molecular formula is C7H7FIO6P2+. The smallest absolute Gasteiger partial charge is 0.352 e. The average Bonchev–Trinajstić information content (AvgIpc) is 2.20. The Balaban J connectivity index is 3.20. The van der Waals surface area contributed by atoms with Crippen LogP contribution in [0.4, 0.5) is 4.39 Å². The van der Waals surface area contributed by atoms with Crippen molar-refractivity contribution in [2.75, 3.05) is 0 Å². The van der Waals surface area contributed by atoms with Gasteiger partial charge >= 0.3 is 14.2 Å². The van der Waals surface area contributed by atoms with Gasteiger partial charge in [-0.25, -0.2) is 4.39 Å². The molecule has 1 aromatic rings. The summed E-state index contributed by atoms with van der Waals surface area (Å²) in [5.74, 6) is -3.70. The molecule has 0 saturated heterocycles. The van der Waals surface area contributed by atoms with Crippen LogP contribution in [0.5, 0.6) is 0 Å². The Morgan fingerprint density at radius 3 is 2.71 bits per heavy atom. The summed E-state index contributed by atoms with van der Waals surface area (Å²) in [6, 6.07) is 3.61. The quantitative estimate of drug-likeness (QED) is 0.399. The van der Waals surface area contributed by atoms with Crippen molar-refractivity contribution >= 4 is 39.9 Å². The number of rotatable bonds is 5. The fourth-order valence-electron chi connectivity index (χ4n) is 1.03. The van der Waals surface area contributed by atoms with E-state index < -0.39 is 34.6 Å². The molecule has 0 aliphatic heterocycles. The summed E-state index contributed by atoms with van der Waals surface area (Å²) in [5, 5.41) is 9.77. The fourth-order valence-corrected chi connectivity index (χ4v) is 2.21. The highest BCUT2D eigenvalue weighted by Crippen LogP contribution is 2.38. The van der Waals surface area contributed by atoms with Crippen molar-refractivity contribution in [2.45, 2.75) is 5.97 Å². The molecule has 6 nitrogen and oxygen atoms in total. The zero-order chi connectivity index (χ0) is 13.1. The molecule has 17 heavy (non-hydrogen) atoms. The lowest BCUT2D eigenvalue weighted by Gasteiger charge is -2.20. The van der Waals surface area contributed by atoms with Crippen LogP contribution in [0.25, 0.3) is 0 Å². The van der Waals surface area contributed by atoms with Gasteiger partial charge in [-0.2, -0.15) is 0 Å². The van der Waals surface area contributed by atoms with Crippen LogP contribution >= 0.6 is 39.9 Å². The minimum absolute atomic E-state index is 0.497. The molecule has 0 amide bonds. The second-order valence-electron chi connectivity index (χ2n) is 2.73. The molecule has 0 aliphatic carbocycles. The molecule has 0 aliphatic rings. The Kier molecular flexibility index (Phi) is 5.75. The van der Waals surface area contributed by atoms with E-state index in [0.717, 1.165) is 12.1 Å². The third-order valence-corrected chi connectivity index (χ3v) is 3.10. The summed E-state index contributed by atoms with van der Waals surface area (Å²) in [5.41, 5.74) is -0.497. The van der Waals surface area contributed by atoms with Crippen LogP contribution in [-0.2, 0) is 19.6 Å². The first-order chi connectivity index (χ1) is 7.89. The molecule has 94 valence electrons. The van der Waals surface area contributed by atoms with Crippen LogP contribution in [0.1, 0.15) is 5.56 Å². The largest absolute Gasteiger partial charge is 0.700 e. The predicted octanol–water partition coefficient (Wildman–Crippen LogP) is 1.72. The summed E-state index contributed by atoms with van der Waals surface area (Å²) in [4.78, 5) is 17.2. The Morgan fingerprint density at radius 1 is 1.53 bits per heavy atom. The molecule has 3 atom stereocenters. The number of benzene rings is 1. The first kappa shape index (κ1) is 15.3. The third-order valence-electron chi connectivity index (χ3n) is 1.65. The van der Waals surface area contributed by atoms with E-state index in [4.69, 9.17) is 9.79 Å². The summed E-state index contributed by atoms with van der Waals surface area (Å²) in [6.45, 7) is 0. The van der Waals surface area contributed by atoms with Crippen LogP contribution in [0.2, 0.25) is 0 Å². The van der Waals surface area contributed by atoms with E-state index in [0.29, 0.717) is 3.57 Å². The van der Waals surface area contributed by atoms with Gasteiger partial charge in [0.1, 0.15) is 5.82 Å². The Morgan fingerprint density at radius 2 is 2.18 bits per heavy atom. The maximum atomic E-state index is 13.5. The Labute approximate surface area is 112 Å². The van der Waals surface area contributed by atoms with Crippen molar-refractivity contribution in [2.24, 2.45) is 0 Å². The minimum atomic E-state index is -3.25. The highest BCUT2D eigenvalue weighted by molar-refractivity contribution is 14.1. The zero-order valence-electron chi connectivity index (χ0n) is 8.00.